The van der Waals surface area contributed by atoms with Crippen molar-refractivity contribution in [3.8, 4) is 5.75 Å². The molecule has 0 saturated heterocycles. The van der Waals surface area contributed by atoms with E-state index < -0.39 is 9.84 Å². The topological polar surface area (TPSA) is 71.4 Å². The molecule has 0 atom stereocenters. The van der Waals surface area contributed by atoms with Crippen LogP contribution in [-0.2, 0) is 14.6 Å². The van der Waals surface area contributed by atoms with Gasteiger partial charge < -0.3 is 5.11 Å². The van der Waals surface area contributed by atoms with Gasteiger partial charge in [0.1, 0.15) is 5.75 Å². The van der Waals surface area contributed by atoms with E-state index in [0.29, 0.717) is 24.0 Å². The lowest BCUT2D eigenvalue weighted by atomic mass is 9.96. The van der Waals surface area contributed by atoms with E-state index in [0.717, 1.165) is 11.1 Å². The van der Waals surface area contributed by atoms with E-state index in [4.69, 9.17) is 0 Å². The zero-order valence-corrected chi connectivity index (χ0v) is 13.4. The summed E-state index contributed by atoms with van der Waals surface area (Å²) in [5.74, 6) is 0.152. The summed E-state index contributed by atoms with van der Waals surface area (Å²) < 4.78 is 23.1. The highest BCUT2D eigenvalue weighted by atomic mass is 32.2. The third-order valence-corrected chi connectivity index (χ3v) is 5.08. The van der Waals surface area contributed by atoms with E-state index in [-0.39, 0.29) is 16.4 Å². The van der Waals surface area contributed by atoms with Crippen molar-refractivity contribution in [2.75, 3.05) is 6.26 Å². The third-order valence-electron chi connectivity index (χ3n) is 3.95. The Morgan fingerprint density at radius 2 is 1.65 bits per heavy atom. The van der Waals surface area contributed by atoms with Gasteiger partial charge in [-0.2, -0.15) is 0 Å². The number of allylic oxidation sites excluding steroid dienone is 2. The normalized spacial score (nSPS) is 15.3. The highest BCUT2D eigenvalue weighted by Crippen LogP contribution is 2.38. The highest BCUT2D eigenvalue weighted by molar-refractivity contribution is 7.90. The van der Waals surface area contributed by atoms with Crippen molar-refractivity contribution in [1.29, 1.82) is 0 Å². The largest absolute Gasteiger partial charge is 0.508 e. The number of hydrogen-bond donors (Lipinski definition) is 1. The molecular weight excluding hydrogens is 312 g/mol. The van der Waals surface area contributed by atoms with Gasteiger partial charge in [-0.3, -0.25) is 4.79 Å². The number of carbonyl (C=O) groups is 1. The molecule has 0 radical (unpaired) electrons. The van der Waals surface area contributed by atoms with Crippen molar-refractivity contribution in [2.45, 2.75) is 17.7 Å². The number of rotatable bonds is 3. The maximum Gasteiger partial charge on any atom is 0.175 e. The number of ketones is 1. The Balaban J connectivity index is 2.10. The second-order valence-corrected chi connectivity index (χ2v) is 7.64. The number of phenols is 1. The van der Waals surface area contributed by atoms with Gasteiger partial charge in [0.05, 0.1) is 4.90 Å². The van der Waals surface area contributed by atoms with Crippen LogP contribution >= 0.6 is 0 Å². The fraction of sp³-hybridized carbons (Fsp3) is 0.167. The smallest absolute Gasteiger partial charge is 0.175 e. The molecule has 0 bridgehead atoms. The van der Waals surface area contributed by atoms with Gasteiger partial charge in [-0.25, -0.2) is 8.42 Å². The standard InChI is InChI=1S/C18H16O4S/c1-23(21,22)15-7-5-12(6-8-15)16-9-10-17(20)18(16)13-3-2-4-14(19)11-13/h2-8,11,19H,9-10H2,1H3. The number of phenolic OH excluding ortho intramolecular Hbond substituents is 1. The first kappa shape index (κ1) is 15.5. The van der Waals surface area contributed by atoms with Crippen molar-refractivity contribution < 1.29 is 18.3 Å². The van der Waals surface area contributed by atoms with Crippen LogP contribution in [0.15, 0.2) is 53.4 Å². The van der Waals surface area contributed by atoms with Crippen LogP contribution in [0.3, 0.4) is 0 Å². The van der Waals surface area contributed by atoms with Crippen LogP contribution in [0.25, 0.3) is 11.1 Å². The van der Waals surface area contributed by atoms with Crippen LogP contribution in [0.5, 0.6) is 5.75 Å². The first-order valence-electron chi connectivity index (χ1n) is 7.22. The molecule has 1 N–H and O–H groups in total. The molecule has 5 heteroatoms. The molecule has 0 aliphatic heterocycles. The number of benzene rings is 2. The van der Waals surface area contributed by atoms with Crippen molar-refractivity contribution in [3.05, 3.63) is 59.7 Å². The first-order chi connectivity index (χ1) is 10.9. The van der Waals surface area contributed by atoms with Crippen molar-refractivity contribution >= 4 is 26.8 Å². The third kappa shape index (κ3) is 3.05. The van der Waals surface area contributed by atoms with E-state index in [1.54, 1.807) is 48.5 Å². The zero-order chi connectivity index (χ0) is 16.6. The quantitative estimate of drug-likeness (QED) is 0.940. The van der Waals surface area contributed by atoms with Crippen molar-refractivity contribution in [1.82, 2.24) is 0 Å². The van der Waals surface area contributed by atoms with Gasteiger partial charge >= 0.3 is 0 Å². The van der Waals surface area contributed by atoms with Gasteiger partial charge in [0.2, 0.25) is 0 Å². The van der Waals surface area contributed by atoms with Gasteiger partial charge in [0.25, 0.3) is 0 Å². The van der Waals surface area contributed by atoms with E-state index in [1.165, 1.54) is 6.26 Å². The molecule has 0 unspecified atom stereocenters. The molecule has 2 aromatic rings. The first-order valence-corrected chi connectivity index (χ1v) is 9.11. The summed E-state index contributed by atoms with van der Waals surface area (Å²) >= 11 is 0. The summed E-state index contributed by atoms with van der Waals surface area (Å²) in [6.07, 6.45) is 2.20. The molecule has 4 nitrogen and oxygen atoms in total. The molecule has 0 saturated carbocycles. The molecule has 0 fully saturated rings. The Morgan fingerprint density at radius 3 is 2.26 bits per heavy atom. The number of sulfone groups is 1. The summed E-state index contributed by atoms with van der Waals surface area (Å²) in [4.78, 5) is 12.5. The summed E-state index contributed by atoms with van der Waals surface area (Å²) in [6, 6.07) is 13.2. The van der Waals surface area contributed by atoms with Gasteiger partial charge in [-0.15, -0.1) is 0 Å². The van der Waals surface area contributed by atoms with E-state index in [2.05, 4.69) is 0 Å². The summed E-state index contributed by atoms with van der Waals surface area (Å²) in [5.41, 5.74) is 3.02. The second-order valence-electron chi connectivity index (χ2n) is 5.62. The minimum atomic E-state index is -3.24. The monoisotopic (exact) mass is 328 g/mol. The molecular formula is C18H16O4S. The molecule has 1 aliphatic rings. The number of Topliss-reactive ketones (excluding diaryl/α,β-unsaturated/α-hetero) is 1. The Kier molecular flexibility index (Phi) is 3.82. The number of hydrogen-bond acceptors (Lipinski definition) is 4. The van der Waals surface area contributed by atoms with E-state index in [9.17, 15) is 18.3 Å². The van der Waals surface area contributed by atoms with Crippen LogP contribution in [0.2, 0.25) is 0 Å². The second kappa shape index (κ2) is 5.66. The maximum absolute atomic E-state index is 12.3. The van der Waals surface area contributed by atoms with Gasteiger partial charge in [-0.05, 0) is 47.4 Å². The molecule has 23 heavy (non-hydrogen) atoms. The predicted molar refractivity (Wildman–Crippen MR) is 88.7 cm³/mol. The molecule has 1 aliphatic carbocycles. The molecule has 3 rings (SSSR count). The number of aromatic hydroxyl groups is 1. The van der Waals surface area contributed by atoms with E-state index in [1.807, 2.05) is 0 Å². The average Bonchev–Trinajstić information content (AvgIpc) is 2.88. The van der Waals surface area contributed by atoms with Gasteiger partial charge in [-0.1, -0.05) is 24.3 Å². The average molecular weight is 328 g/mol. The van der Waals surface area contributed by atoms with Crippen molar-refractivity contribution in [3.63, 3.8) is 0 Å². The lowest BCUT2D eigenvalue weighted by molar-refractivity contribution is -0.113. The predicted octanol–water partition coefficient (Wildman–Crippen LogP) is 3.07. The fourth-order valence-electron chi connectivity index (χ4n) is 2.85. The molecule has 0 spiro atoms. The van der Waals surface area contributed by atoms with Gasteiger partial charge in [0.15, 0.2) is 15.6 Å². The summed E-state index contributed by atoms with van der Waals surface area (Å²) in [7, 11) is -3.24. The van der Waals surface area contributed by atoms with Crippen LogP contribution in [0.1, 0.15) is 24.0 Å². The lowest BCUT2D eigenvalue weighted by Crippen LogP contribution is -1.98. The highest BCUT2D eigenvalue weighted by Gasteiger charge is 2.25. The van der Waals surface area contributed by atoms with Crippen LogP contribution < -0.4 is 0 Å². The number of carbonyl (C=O) groups excluding carboxylic acids is 1. The SMILES string of the molecule is CS(=O)(=O)c1ccc(C2=C(c3cccc(O)c3)C(=O)CC2)cc1. The minimum absolute atomic E-state index is 0.0396. The Labute approximate surface area is 135 Å². The lowest BCUT2D eigenvalue weighted by Gasteiger charge is -2.08. The molecule has 0 heterocycles. The van der Waals surface area contributed by atoms with Crippen LogP contribution in [0, 0.1) is 0 Å². The van der Waals surface area contributed by atoms with Gasteiger partial charge in [0, 0.05) is 18.2 Å². The Bertz CT molecular complexity index is 906. The Morgan fingerprint density at radius 1 is 0.957 bits per heavy atom. The maximum atomic E-state index is 12.3. The summed E-state index contributed by atoms with van der Waals surface area (Å²) in [6.45, 7) is 0. The molecule has 0 amide bonds. The Hall–Kier alpha value is -2.40. The molecule has 0 aromatic heterocycles. The fourth-order valence-corrected chi connectivity index (χ4v) is 3.48. The van der Waals surface area contributed by atoms with Crippen LogP contribution in [-0.4, -0.2) is 25.6 Å². The van der Waals surface area contributed by atoms with Crippen molar-refractivity contribution in [2.24, 2.45) is 0 Å². The minimum Gasteiger partial charge on any atom is -0.508 e. The zero-order valence-electron chi connectivity index (χ0n) is 12.6. The molecule has 118 valence electrons. The molecule has 2 aromatic carbocycles. The van der Waals surface area contributed by atoms with Crippen LogP contribution in [0.4, 0.5) is 0 Å². The summed E-state index contributed by atoms with van der Waals surface area (Å²) in [5, 5.41) is 9.64. The van der Waals surface area contributed by atoms with E-state index >= 15 is 0 Å².